The molecule has 29 heavy (non-hydrogen) atoms. The van der Waals surface area contributed by atoms with Crippen molar-refractivity contribution in [2.75, 3.05) is 0 Å². The Morgan fingerprint density at radius 3 is 2.66 bits per heavy atom. The molecule has 3 N–H and O–H groups in total. The summed E-state index contributed by atoms with van der Waals surface area (Å²) >= 11 is 5.84. The number of aromatic nitrogens is 1. The molecule has 0 aliphatic carbocycles. The Bertz CT molecular complexity index is 998. The van der Waals surface area contributed by atoms with Crippen LogP contribution in [0, 0.1) is 5.82 Å². The van der Waals surface area contributed by atoms with Crippen molar-refractivity contribution in [2.24, 2.45) is 5.73 Å². The van der Waals surface area contributed by atoms with Crippen molar-refractivity contribution in [1.82, 2.24) is 9.88 Å². The Hall–Kier alpha value is -3.00. The van der Waals surface area contributed by atoms with E-state index in [1.165, 1.54) is 18.3 Å². The van der Waals surface area contributed by atoms with Crippen LogP contribution >= 0.6 is 11.6 Å². The van der Waals surface area contributed by atoms with E-state index in [9.17, 15) is 14.4 Å². The number of benzene rings is 1. The minimum absolute atomic E-state index is 0.119. The number of carbonyl (C=O) groups is 3. The fourth-order valence-electron chi connectivity index (χ4n) is 3.63. The third kappa shape index (κ3) is 3.80. The number of hydrogen-bond acceptors (Lipinski definition) is 4. The van der Waals surface area contributed by atoms with Crippen LogP contribution in [0.25, 0.3) is 11.3 Å². The lowest BCUT2D eigenvalue weighted by atomic mass is 9.98. The number of carboxylic acid groups (broad SMARTS) is 1. The minimum Gasteiger partial charge on any atom is -0.481 e. The van der Waals surface area contributed by atoms with E-state index in [2.05, 4.69) is 4.98 Å². The van der Waals surface area contributed by atoms with Gasteiger partial charge in [0, 0.05) is 35.2 Å². The maximum atomic E-state index is 15.4. The van der Waals surface area contributed by atoms with Gasteiger partial charge in [0.15, 0.2) is 0 Å². The molecule has 7 nitrogen and oxygen atoms in total. The molecule has 2 amide bonds. The summed E-state index contributed by atoms with van der Waals surface area (Å²) in [7, 11) is 0. The van der Waals surface area contributed by atoms with Gasteiger partial charge in [0.1, 0.15) is 11.9 Å². The van der Waals surface area contributed by atoms with Crippen molar-refractivity contribution in [3.63, 3.8) is 0 Å². The van der Waals surface area contributed by atoms with Crippen molar-refractivity contribution in [3.05, 3.63) is 53.0 Å². The molecule has 0 saturated carbocycles. The summed E-state index contributed by atoms with van der Waals surface area (Å²) in [5.74, 6) is -2.89. The molecule has 0 spiro atoms. The molecule has 1 aliphatic heterocycles. The van der Waals surface area contributed by atoms with Crippen molar-refractivity contribution in [1.29, 1.82) is 0 Å². The summed E-state index contributed by atoms with van der Waals surface area (Å²) in [4.78, 5) is 41.0. The number of fused-ring (bicyclic) bond motifs is 1. The van der Waals surface area contributed by atoms with Gasteiger partial charge in [-0.1, -0.05) is 0 Å². The first-order chi connectivity index (χ1) is 13.8. The molecule has 9 heteroatoms. The number of nitrogens with two attached hydrogens (primary N) is 1. The van der Waals surface area contributed by atoms with Crippen molar-refractivity contribution in [2.45, 2.75) is 37.7 Å². The second-order valence-corrected chi connectivity index (χ2v) is 7.08. The van der Waals surface area contributed by atoms with Crippen LogP contribution in [0.5, 0.6) is 0 Å². The quantitative estimate of drug-likeness (QED) is 0.670. The predicted octanol–water partition coefficient (Wildman–Crippen LogP) is 2.86. The number of rotatable bonds is 7. The van der Waals surface area contributed by atoms with Gasteiger partial charge in [-0.25, -0.2) is 4.39 Å². The highest BCUT2D eigenvalue weighted by Gasteiger charge is 2.42. The van der Waals surface area contributed by atoms with Gasteiger partial charge in [-0.15, -0.1) is 11.6 Å². The summed E-state index contributed by atoms with van der Waals surface area (Å²) in [5.41, 5.74) is 7.01. The topological polar surface area (TPSA) is 114 Å². The fourth-order valence-corrected chi connectivity index (χ4v) is 3.80. The van der Waals surface area contributed by atoms with Gasteiger partial charge in [0.05, 0.1) is 11.7 Å². The monoisotopic (exact) mass is 419 g/mol. The average molecular weight is 420 g/mol. The van der Waals surface area contributed by atoms with E-state index in [-0.39, 0.29) is 35.4 Å². The van der Waals surface area contributed by atoms with E-state index in [4.69, 9.17) is 22.4 Å². The van der Waals surface area contributed by atoms with E-state index >= 15 is 4.39 Å². The fraction of sp³-hybridized carbons (Fsp3) is 0.300. The van der Waals surface area contributed by atoms with Crippen LogP contribution < -0.4 is 5.73 Å². The second-order valence-electron chi connectivity index (χ2n) is 6.81. The van der Waals surface area contributed by atoms with Crippen LogP contribution in [0.15, 0.2) is 30.5 Å². The number of nitrogens with zero attached hydrogens (tertiary/aromatic N) is 2. The molecule has 2 aromatic rings. The zero-order valence-electron chi connectivity index (χ0n) is 15.6. The first-order valence-electron chi connectivity index (χ1n) is 8.93. The van der Waals surface area contributed by atoms with Crippen molar-refractivity contribution < 1.29 is 23.9 Å². The highest BCUT2D eigenvalue weighted by molar-refractivity contribution is 6.17. The number of primary amides is 1. The Labute approximate surface area is 171 Å². The van der Waals surface area contributed by atoms with Gasteiger partial charge in [-0.2, -0.15) is 0 Å². The third-order valence-corrected chi connectivity index (χ3v) is 5.34. The van der Waals surface area contributed by atoms with Gasteiger partial charge in [-0.3, -0.25) is 19.4 Å². The van der Waals surface area contributed by atoms with Gasteiger partial charge < -0.3 is 15.7 Å². The third-order valence-electron chi connectivity index (χ3n) is 5.03. The molecule has 3 rings (SSSR count). The van der Waals surface area contributed by atoms with Gasteiger partial charge >= 0.3 is 5.97 Å². The van der Waals surface area contributed by atoms with Gasteiger partial charge in [0.2, 0.25) is 5.91 Å². The summed E-state index contributed by atoms with van der Waals surface area (Å²) in [6, 6.07) is 4.38. The molecular formula is C20H19ClFN3O4. The second kappa shape index (κ2) is 8.16. The standard InChI is InChI=1S/C20H19ClFN3O4/c1-10-17-13(20(29)25(10)15(19(23)28)4-5-16(26)27)3-2-12(18(17)22)14-8-11(9-21)6-7-24-14/h2-3,6-8,10,15H,4-5,9H2,1H3,(H2,23,28)(H,26,27)/t10-,15+/m1/s1. The molecule has 152 valence electrons. The van der Waals surface area contributed by atoms with E-state index in [0.29, 0.717) is 5.69 Å². The molecule has 2 atom stereocenters. The molecule has 0 unspecified atom stereocenters. The Morgan fingerprint density at radius 1 is 1.34 bits per heavy atom. The molecular weight excluding hydrogens is 401 g/mol. The van der Waals surface area contributed by atoms with E-state index in [1.54, 1.807) is 19.1 Å². The van der Waals surface area contributed by atoms with E-state index in [1.807, 2.05) is 0 Å². The maximum absolute atomic E-state index is 15.4. The number of amides is 2. The average Bonchev–Trinajstić information content (AvgIpc) is 2.93. The van der Waals surface area contributed by atoms with E-state index < -0.39 is 35.7 Å². The van der Waals surface area contributed by atoms with Crippen LogP contribution in [-0.4, -0.2) is 38.8 Å². The van der Waals surface area contributed by atoms with Gasteiger partial charge in [0.25, 0.3) is 5.91 Å². The lowest BCUT2D eigenvalue weighted by molar-refractivity contribution is -0.137. The van der Waals surface area contributed by atoms with Crippen LogP contribution in [0.2, 0.25) is 0 Å². The highest BCUT2D eigenvalue weighted by Crippen LogP contribution is 2.40. The van der Waals surface area contributed by atoms with E-state index in [0.717, 1.165) is 10.5 Å². The maximum Gasteiger partial charge on any atom is 0.303 e. The smallest absolute Gasteiger partial charge is 0.303 e. The van der Waals surface area contributed by atoms with Crippen molar-refractivity contribution >= 4 is 29.4 Å². The first-order valence-corrected chi connectivity index (χ1v) is 9.47. The SMILES string of the molecule is C[C@@H]1c2c(ccc(-c3cc(CCl)ccn3)c2F)C(=O)N1[C@@H](CCC(=O)O)C(N)=O. The number of aliphatic carboxylic acids is 1. The number of pyridine rings is 1. The lowest BCUT2D eigenvalue weighted by Gasteiger charge is -2.29. The normalized spacial score (nSPS) is 16.6. The zero-order valence-corrected chi connectivity index (χ0v) is 16.3. The van der Waals surface area contributed by atoms with Crippen molar-refractivity contribution in [3.8, 4) is 11.3 Å². The molecule has 1 aromatic heterocycles. The summed E-state index contributed by atoms with van der Waals surface area (Å²) in [5, 5.41) is 8.91. The molecule has 0 saturated heterocycles. The van der Waals surface area contributed by atoms with Crippen LogP contribution in [-0.2, 0) is 15.5 Å². The number of hydrogen-bond donors (Lipinski definition) is 2. The summed E-state index contributed by atoms with van der Waals surface area (Å²) < 4.78 is 15.4. The summed E-state index contributed by atoms with van der Waals surface area (Å²) in [6.45, 7) is 1.58. The first kappa shape index (κ1) is 20.7. The number of halogens is 2. The molecule has 0 radical (unpaired) electrons. The largest absolute Gasteiger partial charge is 0.481 e. The number of carbonyl (C=O) groups excluding carboxylic acids is 2. The Morgan fingerprint density at radius 2 is 2.03 bits per heavy atom. The zero-order chi connectivity index (χ0) is 21.3. The lowest BCUT2D eigenvalue weighted by Crippen LogP contribution is -2.46. The summed E-state index contributed by atoms with van der Waals surface area (Å²) in [6.07, 6.45) is 1.03. The number of carboxylic acids is 1. The van der Waals surface area contributed by atoms with Crippen LogP contribution in [0.1, 0.15) is 47.3 Å². The highest BCUT2D eigenvalue weighted by atomic mass is 35.5. The molecule has 2 heterocycles. The van der Waals surface area contributed by atoms with Crippen LogP contribution in [0.3, 0.4) is 0 Å². The molecule has 1 aliphatic rings. The predicted molar refractivity (Wildman–Crippen MR) is 104 cm³/mol. The molecule has 0 fully saturated rings. The molecule has 1 aromatic carbocycles. The van der Waals surface area contributed by atoms with Crippen LogP contribution in [0.4, 0.5) is 4.39 Å². The minimum atomic E-state index is -1.15. The Kier molecular flexibility index (Phi) is 5.83. The molecule has 0 bridgehead atoms. The number of alkyl halides is 1. The Balaban J connectivity index is 2.03. The van der Waals surface area contributed by atoms with Gasteiger partial charge in [-0.05, 0) is 43.2 Å².